The molecule has 3 aromatic rings. The topological polar surface area (TPSA) is 66.9 Å². The fourth-order valence-electron chi connectivity index (χ4n) is 2.45. The highest BCUT2D eigenvalue weighted by molar-refractivity contribution is 6.04. The summed E-state index contributed by atoms with van der Waals surface area (Å²) in [7, 11) is 0. The monoisotopic (exact) mass is 332 g/mol. The zero-order valence-electron chi connectivity index (χ0n) is 14.2. The number of aryl methyl sites for hydroxylation is 1. The molecule has 2 N–H and O–H groups in total. The first kappa shape index (κ1) is 16.6. The van der Waals surface area contributed by atoms with Gasteiger partial charge in [-0.05, 0) is 31.0 Å². The number of carbonyl (C=O) groups is 1. The van der Waals surface area contributed by atoms with Crippen molar-refractivity contribution in [2.24, 2.45) is 0 Å². The minimum atomic E-state index is -0.225. The van der Waals surface area contributed by atoms with E-state index in [1.807, 2.05) is 68.4 Å². The number of amides is 1. The highest BCUT2D eigenvalue weighted by Gasteiger charge is 2.10. The standard InChI is InChI=1S/C20H20N4O/c1-14-8-6-7-11-18(14)24-19(25)17-12-21-20(22-13-17)23-15(2)16-9-4-3-5-10-16/h3-13,15H,1-2H3,(H,24,25)(H,21,22,23). The zero-order valence-corrected chi connectivity index (χ0v) is 14.2. The maximum Gasteiger partial charge on any atom is 0.258 e. The van der Waals surface area contributed by atoms with E-state index in [1.54, 1.807) is 0 Å². The lowest BCUT2D eigenvalue weighted by Gasteiger charge is -2.14. The van der Waals surface area contributed by atoms with Crippen LogP contribution >= 0.6 is 0 Å². The van der Waals surface area contributed by atoms with Crippen molar-refractivity contribution in [1.29, 1.82) is 0 Å². The molecule has 1 heterocycles. The van der Waals surface area contributed by atoms with Crippen molar-refractivity contribution in [1.82, 2.24) is 9.97 Å². The van der Waals surface area contributed by atoms with Gasteiger partial charge in [0.05, 0.1) is 11.6 Å². The fraction of sp³-hybridized carbons (Fsp3) is 0.150. The highest BCUT2D eigenvalue weighted by atomic mass is 16.1. The molecular weight excluding hydrogens is 312 g/mol. The SMILES string of the molecule is Cc1ccccc1NC(=O)c1cnc(NC(C)c2ccccc2)nc1. The van der Waals surface area contributed by atoms with E-state index in [-0.39, 0.29) is 11.9 Å². The molecule has 1 amide bonds. The number of hydrogen-bond acceptors (Lipinski definition) is 4. The number of carbonyl (C=O) groups excluding carboxylic acids is 1. The van der Waals surface area contributed by atoms with Crippen LogP contribution in [0.25, 0.3) is 0 Å². The van der Waals surface area contributed by atoms with Gasteiger partial charge in [0.1, 0.15) is 0 Å². The van der Waals surface area contributed by atoms with Gasteiger partial charge in [-0.15, -0.1) is 0 Å². The second-order valence-corrected chi connectivity index (χ2v) is 5.84. The minimum Gasteiger partial charge on any atom is -0.348 e. The fourth-order valence-corrected chi connectivity index (χ4v) is 2.45. The number of nitrogens with zero attached hydrogens (tertiary/aromatic N) is 2. The van der Waals surface area contributed by atoms with Gasteiger partial charge in [-0.3, -0.25) is 4.79 Å². The normalized spacial score (nSPS) is 11.6. The van der Waals surface area contributed by atoms with Crippen LogP contribution in [0.2, 0.25) is 0 Å². The van der Waals surface area contributed by atoms with Crippen molar-refractivity contribution >= 4 is 17.5 Å². The number of benzene rings is 2. The lowest BCUT2D eigenvalue weighted by atomic mass is 10.1. The van der Waals surface area contributed by atoms with Crippen LogP contribution in [0.1, 0.15) is 34.5 Å². The van der Waals surface area contributed by atoms with Gasteiger partial charge in [-0.25, -0.2) is 9.97 Å². The second kappa shape index (κ2) is 7.57. The number of para-hydroxylation sites is 1. The first-order valence-corrected chi connectivity index (χ1v) is 8.14. The van der Waals surface area contributed by atoms with Gasteiger partial charge in [-0.2, -0.15) is 0 Å². The molecule has 0 aliphatic rings. The van der Waals surface area contributed by atoms with Gasteiger partial charge < -0.3 is 10.6 Å². The van der Waals surface area contributed by atoms with Crippen LogP contribution in [-0.4, -0.2) is 15.9 Å². The summed E-state index contributed by atoms with van der Waals surface area (Å²) in [6, 6.07) is 17.8. The Balaban J connectivity index is 1.66. The van der Waals surface area contributed by atoms with Gasteiger partial charge in [0.25, 0.3) is 5.91 Å². The van der Waals surface area contributed by atoms with E-state index < -0.39 is 0 Å². The molecule has 5 nitrogen and oxygen atoms in total. The Morgan fingerprint density at radius 2 is 1.60 bits per heavy atom. The molecule has 0 aliphatic heterocycles. The molecule has 0 spiro atoms. The Bertz CT molecular complexity index is 847. The quantitative estimate of drug-likeness (QED) is 0.734. The van der Waals surface area contributed by atoms with Crippen LogP contribution in [0.3, 0.4) is 0 Å². The molecule has 0 fully saturated rings. The van der Waals surface area contributed by atoms with Crippen LogP contribution in [0.15, 0.2) is 67.0 Å². The lowest BCUT2D eigenvalue weighted by molar-refractivity contribution is 0.102. The molecular formula is C20H20N4O. The Morgan fingerprint density at radius 1 is 0.960 bits per heavy atom. The molecule has 1 unspecified atom stereocenters. The molecule has 2 aromatic carbocycles. The van der Waals surface area contributed by atoms with Gasteiger partial charge in [0, 0.05) is 18.1 Å². The Morgan fingerprint density at radius 3 is 2.28 bits per heavy atom. The van der Waals surface area contributed by atoms with Crippen LogP contribution in [0.5, 0.6) is 0 Å². The average molecular weight is 332 g/mol. The largest absolute Gasteiger partial charge is 0.348 e. The molecule has 0 saturated carbocycles. The van der Waals surface area contributed by atoms with E-state index in [1.165, 1.54) is 12.4 Å². The highest BCUT2D eigenvalue weighted by Crippen LogP contribution is 2.17. The van der Waals surface area contributed by atoms with E-state index in [4.69, 9.17) is 0 Å². The number of hydrogen-bond donors (Lipinski definition) is 2. The third-order valence-electron chi connectivity index (χ3n) is 3.95. The van der Waals surface area contributed by atoms with Gasteiger partial charge >= 0.3 is 0 Å². The zero-order chi connectivity index (χ0) is 17.6. The third-order valence-corrected chi connectivity index (χ3v) is 3.95. The summed E-state index contributed by atoms with van der Waals surface area (Å²) < 4.78 is 0. The van der Waals surface area contributed by atoms with Crippen molar-refractivity contribution in [2.45, 2.75) is 19.9 Å². The van der Waals surface area contributed by atoms with Crippen LogP contribution in [0, 0.1) is 6.92 Å². The molecule has 1 atom stereocenters. The third kappa shape index (κ3) is 4.20. The molecule has 3 rings (SSSR count). The van der Waals surface area contributed by atoms with E-state index in [0.29, 0.717) is 11.5 Å². The predicted octanol–water partition coefficient (Wildman–Crippen LogP) is 4.21. The maximum atomic E-state index is 12.3. The summed E-state index contributed by atoms with van der Waals surface area (Å²) in [5, 5.41) is 6.10. The molecule has 5 heteroatoms. The number of rotatable bonds is 5. The van der Waals surface area contributed by atoms with Gasteiger partial charge in [0.15, 0.2) is 0 Å². The molecule has 0 aliphatic carbocycles. The van der Waals surface area contributed by atoms with Crippen molar-refractivity contribution in [3.05, 3.63) is 83.7 Å². The molecule has 0 saturated heterocycles. The van der Waals surface area contributed by atoms with Crippen molar-refractivity contribution in [3.8, 4) is 0 Å². The summed E-state index contributed by atoms with van der Waals surface area (Å²) in [6.07, 6.45) is 3.06. The van der Waals surface area contributed by atoms with Crippen molar-refractivity contribution in [3.63, 3.8) is 0 Å². The predicted molar refractivity (Wildman–Crippen MR) is 99.6 cm³/mol. The molecule has 25 heavy (non-hydrogen) atoms. The molecule has 126 valence electrons. The molecule has 1 aromatic heterocycles. The van der Waals surface area contributed by atoms with Gasteiger partial charge in [-0.1, -0.05) is 48.5 Å². The first-order chi connectivity index (χ1) is 12.1. The number of nitrogens with one attached hydrogen (secondary N) is 2. The van der Waals surface area contributed by atoms with E-state index in [0.717, 1.165) is 16.8 Å². The Kier molecular flexibility index (Phi) is 5.04. The van der Waals surface area contributed by atoms with Crippen molar-refractivity contribution < 1.29 is 4.79 Å². The molecule has 0 radical (unpaired) electrons. The summed E-state index contributed by atoms with van der Waals surface area (Å²) in [5.74, 6) is 0.265. The maximum absolute atomic E-state index is 12.3. The summed E-state index contributed by atoms with van der Waals surface area (Å²) in [6.45, 7) is 3.99. The van der Waals surface area contributed by atoms with Crippen LogP contribution < -0.4 is 10.6 Å². The van der Waals surface area contributed by atoms with E-state index >= 15 is 0 Å². The summed E-state index contributed by atoms with van der Waals surface area (Å²) in [4.78, 5) is 20.8. The first-order valence-electron chi connectivity index (χ1n) is 8.14. The lowest BCUT2D eigenvalue weighted by Crippen LogP contribution is -2.15. The minimum absolute atomic E-state index is 0.0767. The number of anilines is 2. The van der Waals surface area contributed by atoms with E-state index in [2.05, 4.69) is 20.6 Å². The second-order valence-electron chi connectivity index (χ2n) is 5.84. The van der Waals surface area contributed by atoms with Crippen LogP contribution in [-0.2, 0) is 0 Å². The molecule has 0 bridgehead atoms. The van der Waals surface area contributed by atoms with Gasteiger partial charge in [0.2, 0.25) is 5.95 Å². The summed E-state index contributed by atoms with van der Waals surface area (Å²) in [5.41, 5.74) is 3.35. The smallest absolute Gasteiger partial charge is 0.258 e. The van der Waals surface area contributed by atoms with Crippen LogP contribution in [0.4, 0.5) is 11.6 Å². The van der Waals surface area contributed by atoms with E-state index in [9.17, 15) is 4.79 Å². The average Bonchev–Trinajstić information content (AvgIpc) is 2.65. The Labute approximate surface area is 147 Å². The summed E-state index contributed by atoms with van der Waals surface area (Å²) >= 11 is 0. The Hall–Kier alpha value is -3.21. The number of aromatic nitrogens is 2. The van der Waals surface area contributed by atoms with Crippen molar-refractivity contribution in [2.75, 3.05) is 10.6 Å².